The molecular formula is C10H17N3S. The number of rotatable bonds is 5. The van der Waals surface area contributed by atoms with Crippen molar-refractivity contribution in [2.45, 2.75) is 26.8 Å². The first-order valence-corrected chi connectivity index (χ1v) is 6.00. The van der Waals surface area contributed by atoms with Crippen LogP contribution in [0.15, 0.2) is 12.4 Å². The number of nitrogens with zero attached hydrogens (tertiary/aromatic N) is 2. The fourth-order valence-corrected chi connectivity index (χ4v) is 1.70. The molecule has 0 saturated carbocycles. The van der Waals surface area contributed by atoms with Crippen LogP contribution in [-0.2, 0) is 0 Å². The molecule has 0 bridgehead atoms. The molecule has 0 spiro atoms. The molecule has 0 saturated heterocycles. The number of aromatic nitrogens is 2. The van der Waals surface area contributed by atoms with E-state index in [1.165, 1.54) is 0 Å². The van der Waals surface area contributed by atoms with Crippen LogP contribution in [0.25, 0.3) is 0 Å². The van der Waals surface area contributed by atoms with Crippen LogP contribution in [-0.4, -0.2) is 27.5 Å². The molecule has 1 aromatic rings. The third kappa shape index (κ3) is 3.96. The van der Waals surface area contributed by atoms with E-state index >= 15 is 0 Å². The van der Waals surface area contributed by atoms with Crippen molar-refractivity contribution in [1.82, 2.24) is 9.97 Å². The van der Waals surface area contributed by atoms with Gasteiger partial charge in [0.25, 0.3) is 0 Å². The smallest absolute Gasteiger partial charge is 0.222 e. The molecule has 0 fully saturated rings. The van der Waals surface area contributed by atoms with E-state index < -0.39 is 0 Å². The van der Waals surface area contributed by atoms with E-state index in [2.05, 4.69) is 29.1 Å². The number of thioether (sulfide) groups is 1. The summed E-state index contributed by atoms with van der Waals surface area (Å²) in [7, 11) is 0. The molecule has 1 rings (SSSR count). The van der Waals surface area contributed by atoms with Crippen molar-refractivity contribution in [3.05, 3.63) is 18.0 Å². The van der Waals surface area contributed by atoms with Gasteiger partial charge in [-0.3, -0.25) is 0 Å². The first-order chi connectivity index (χ1) is 6.72. The Balaban J connectivity index is 2.39. The zero-order chi connectivity index (χ0) is 10.4. The highest BCUT2D eigenvalue weighted by Crippen LogP contribution is 2.06. The second kappa shape index (κ2) is 5.86. The van der Waals surface area contributed by atoms with Crippen molar-refractivity contribution in [3.8, 4) is 0 Å². The molecule has 0 amide bonds. The van der Waals surface area contributed by atoms with Gasteiger partial charge in [-0.25, -0.2) is 9.97 Å². The average molecular weight is 211 g/mol. The van der Waals surface area contributed by atoms with Crippen LogP contribution in [0, 0.1) is 6.92 Å². The molecule has 1 atom stereocenters. The van der Waals surface area contributed by atoms with E-state index in [1.807, 2.05) is 31.1 Å². The standard InChI is InChI=1S/C10H17N3S/c1-4-14-7-9(3)13-10-11-5-8(2)6-12-10/h5-6,9H,4,7H2,1-3H3,(H,11,12,13). The predicted molar refractivity (Wildman–Crippen MR) is 62.9 cm³/mol. The van der Waals surface area contributed by atoms with Gasteiger partial charge in [0.1, 0.15) is 0 Å². The van der Waals surface area contributed by atoms with Crippen LogP contribution in [0.3, 0.4) is 0 Å². The first kappa shape index (κ1) is 11.3. The first-order valence-electron chi connectivity index (χ1n) is 4.85. The lowest BCUT2D eigenvalue weighted by Gasteiger charge is -2.12. The Labute approximate surface area is 89.7 Å². The van der Waals surface area contributed by atoms with Gasteiger partial charge >= 0.3 is 0 Å². The normalized spacial score (nSPS) is 12.5. The quantitative estimate of drug-likeness (QED) is 0.811. The van der Waals surface area contributed by atoms with Gasteiger partial charge in [0, 0.05) is 24.2 Å². The third-order valence-electron chi connectivity index (χ3n) is 1.73. The molecule has 1 unspecified atom stereocenters. The maximum absolute atomic E-state index is 4.19. The van der Waals surface area contributed by atoms with E-state index in [0.717, 1.165) is 23.0 Å². The van der Waals surface area contributed by atoms with Crippen molar-refractivity contribution in [2.75, 3.05) is 16.8 Å². The molecule has 14 heavy (non-hydrogen) atoms. The molecule has 1 aromatic heterocycles. The van der Waals surface area contributed by atoms with Crippen molar-refractivity contribution in [2.24, 2.45) is 0 Å². The summed E-state index contributed by atoms with van der Waals surface area (Å²) in [6.07, 6.45) is 3.66. The molecule has 0 aliphatic rings. The summed E-state index contributed by atoms with van der Waals surface area (Å²) < 4.78 is 0. The molecule has 78 valence electrons. The fourth-order valence-electron chi connectivity index (χ4n) is 1.02. The Morgan fingerprint density at radius 2 is 2.07 bits per heavy atom. The zero-order valence-electron chi connectivity index (χ0n) is 8.95. The van der Waals surface area contributed by atoms with Crippen LogP contribution in [0.5, 0.6) is 0 Å². The van der Waals surface area contributed by atoms with Gasteiger partial charge in [-0.1, -0.05) is 6.92 Å². The largest absolute Gasteiger partial charge is 0.351 e. The minimum atomic E-state index is 0.419. The number of anilines is 1. The van der Waals surface area contributed by atoms with E-state index in [1.54, 1.807) is 0 Å². The Hall–Kier alpha value is -0.770. The summed E-state index contributed by atoms with van der Waals surface area (Å²) >= 11 is 1.92. The van der Waals surface area contributed by atoms with E-state index in [9.17, 15) is 0 Å². The van der Waals surface area contributed by atoms with Crippen molar-refractivity contribution >= 4 is 17.7 Å². The van der Waals surface area contributed by atoms with Crippen molar-refractivity contribution in [3.63, 3.8) is 0 Å². The fraction of sp³-hybridized carbons (Fsp3) is 0.600. The Morgan fingerprint density at radius 1 is 1.43 bits per heavy atom. The monoisotopic (exact) mass is 211 g/mol. The molecule has 3 nitrogen and oxygen atoms in total. The van der Waals surface area contributed by atoms with E-state index in [4.69, 9.17) is 0 Å². The molecule has 1 N–H and O–H groups in total. The highest BCUT2D eigenvalue weighted by Gasteiger charge is 2.02. The third-order valence-corrected chi connectivity index (χ3v) is 2.87. The second-order valence-electron chi connectivity index (χ2n) is 3.29. The lowest BCUT2D eigenvalue weighted by Crippen LogP contribution is -2.19. The molecule has 0 aromatic carbocycles. The number of aryl methyl sites for hydroxylation is 1. The molecule has 0 radical (unpaired) electrons. The number of hydrogen-bond acceptors (Lipinski definition) is 4. The van der Waals surface area contributed by atoms with Crippen LogP contribution in [0.2, 0.25) is 0 Å². The predicted octanol–water partition coefficient (Wildman–Crippen LogP) is 2.34. The minimum Gasteiger partial charge on any atom is -0.351 e. The van der Waals surface area contributed by atoms with Crippen molar-refractivity contribution < 1.29 is 0 Å². The summed E-state index contributed by atoms with van der Waals surface area (Å²) in [5, 5.41) is 3.26. The molecule has 0 aliphatic heterocycles. The van der Waals surface area contributed by atoms with Crippen LogP contribution in [0.1, 0.15) is 19.4 Å². The van der Waals surface area contributed by atoms with Gasteiger partial charge in [0.15, 0.2) is 0 Å². The van der Waals surface area contributed by atoms with Gasteiger partial charge in [-0.15, -0.1) is 0 Å². The molecule has 0 aliphatic carbocycles. The highest BCUT2D eigenvalue weighted by molar-refractivity contribution is 7.99. The zero-order valence-corrected chi connectivity index (χ0v) is 9.77. The number of hydrogen-bond donors (Lipinski definition) is 1. The number of nitrogens with one attached hydrogen (secondary N) is 1. The van der Waals surface area contributed by atoms with Crippen molar-refractivity contribution in [1.29, 1.82) is 0 Å². The van der Waals surface area contributed by atoms with Gasteiger partial charge in [-0.05, 0) is 25.2 Å². The van der Waals surface area contributed by atoms with E-state index in [-0.39, 0.29) is 0 Å². The Bertz CT molecular complexity index is 261. The average Bonchev–Trinajstić information content (AvgIpc) is 2.18. The topological polar surface area (TPSA) is 37.8 Å². The Kier molecular flexibility index (Phi) is 4.73. The summed E-state index contributed by atoms with van der Waals surface area (Å²) in [5.74, 6) is 2.97. The lowest BCUT2D eigenvalue weighted by molar-refractivity contribution is 0.884. The minimum absolute atomic E-state index is 0.419. The van der Waals surface area contributed by atoms with Gasteiger partial charge in [0.2, 0.25) is 5.95 Å². The maximum atomic E-state index is 4.19. The van der Waals surface area contributed by atoms with Gasteiger partial charge in [-0.2, -0.15) is 11.8 Å². The maximum Gasteiger partial charge on any atom is 0.222 e. The lowest BCUT2D eigenvalue weighted by atomic mass is 10.4. The highest BCUT2D eigenvalue weighted by atomic mass is 32.2. The van der Waals surface area contributed by atoms with Crippen LogP contribution < -0.4 is 5.32 Å². The van der Waals surface area contributed by atoms with Crippen LogP contribution in [0.4, 0.5) is 5.95 Å². The summed E-state index contributed by atoms with van der Waals surface area (Å²) in [5.41, 5.74) is 1.09. The molecular weight excluding hydrogens is 194 g/mol. The summed E-state index contributed by atoms with van der Waals surface area (Å²) in [6.45, 7) is 6.30. The Morgan fingerprint density at radius 3 is 2.64 bits per heavy atom. The van der Waals surface area contributed by atoms with Gasteiger partial charge in [0.05, 0.1) is 0 Å². The van der Waals surface area contributed by atoms with E-state index in [0.29, 0.717) is 6.04 Å². The van der Waals surface area contributed by atoms with Crippen LogP contribution >= 0.6 is 11.8 Å². The molecule has 4 heteroatoms. The second-order valence-corrected chi connectivity index (χ2v) is 4.61. The summed E-state index contributed by atoms with van der Waals surface area (Å²) in [4.78, 5) is 8.39. The SMILES string of the molecule is CCSCC(C)Nc1ncc(C)cn1. The molecule has 1 heterocycles. The summed E-state index contributed by atoms with van der Waals surface area (Å²) in [6, 6.07) is 0.419. The van der Waals surface area contributed by atoms with Gasteiger partial charge < -0.3 is 5.32 Å².